The highest BCUT2D eigenvalue weighted by Crippen LogP contribution is 2.43. The second kappa shape index (κ2) is 5.65. The summed E-state index contributed by atoms with van der Waals surface area (Å²) in [5, 5.41) is 4.84. The van der Waals surface area contributed by atoms with E-state index in [9.17, 15) is 8.42 Å². The highest BCUT2D eigenvalue weighted by atomic mass is 32.2. The molecule has 3 aromatic rings. The van der Waals surface area contributed by atoms with Crippen molar-refractivity contribution in [1.82, 2.24) is 14.8 Å². The third-order valence-electron chi connectivity index (χ3n) is 5.00. The van der Waals surface area contributed by atoms with E-state index in [0.29, 0.717) is 11.0 Å². The maximum absolute atomic E-state index is 13.0. The highest BCUT2D eigenvalue weighted by molar-refractivity contribution is 7.92. The van der Waals surface area contributed by atoms with Gasteiger partial charge in [-0.3, -0.25) is 9.40 Å². The van der Waals surface area contributed by atoms with Gasteiger partial charge in [0, 0.05) is 23.1 Å². The predicted octanol–water partition coefficient (Wildman–Crippen LogP) is 3.32. The first-order chi connectivity index (χ1) is 12.5. The van der Waals surface area contributed by atoms with Crippen molar-refractivity contribution < 1.29 is 8.42 Å². The summed E-state index contributed by atoms with van der Waals surface area (Å²) in [5.41, 5.74) is 4.09. The number of hydrogen-bond acceptors (Lipinski definition) is 5. The van der Waals surface area contributed by atoms with Crippen LogP contribution in [0.4, 0.5) is 5.13 Å². The van der Waals surface area contributed by atoms with Crippen LogP contribution in [0.2, 0.25) is 0 Å². The van der Waals surface area contributed by atoms with Gasteiger partial charge in [-0.05, 0) is 37.2 Å². The molecule has 1 saturated carbocycles. The van der Waals surface area contributed by atoms with Gasteiger partial charge < -0.3 is 0 Å². The van der Waals surface area contributed by atoms with E-state index in [1.165, 1.54) is 21.6 Å². The zero-order valence-corrected chi connectivity index (χ0v) is 15.9. The van der Waals surface area contributed by atoms with Crippen molar-refractivity contribution in [2.75, 3.05) is 4.72 Å². The van der Waals surface area contributed by atoms with Crippen LogP contribution in [-0.2, 0) is 29.9 Å². The number of aryl methyl sites for hydroxylation is 3. The third kappa shape index (κ3) is 2.55. The molecule has 2 aliphatic carbocycles. The standard InChI is InChI=1S/C18H18N4O2S2/c1-22-17(14(10-19-22)12-6-7-12)26(23,24)21-18-20-16-13-5-3-2-4-11(13)8-9-15(16)25-18/h2-5,10,12H,6-9H2,1H3,(H,20,21). The molecule has 0 radical (unpaired) electrons. The number of nitrogens with one attached hydrogen (secondary N) is 1. The maximum Gasteiger partial charge on any atom is 0.281 e. The average molecular weight is 387 g/mol. The Hall–Kier alpha value is -2.19. The maximum atomic E-state index is 13.0. The summed E-state index contributed by atoms with van der Waals surface area (Å²) in [6.45, 7) is 0. The van der Waals surface area contributed by atoms with E-state index in [2.05, 4.69) is 26.9 Å². The van der Waals surface area contributed by atoms with E-state index in [4.69, 9.17) is 0 Å². The average Bonchev–Trinajstić information content (AvgIpc) is 3.26. The van der Waals surface area contributed by atoms with Crippen LogP contribution in [0.5, 0.6) is 0 Å². The molecular weight excluding hydrogens is 368 g/mol. The number of nitrogens with zero attached hydrogens (tertiary/aromatic N) is 3. The molecule has 0 atom stereocenters. The van der Waals surface area contributed by atoms with E-state index < -0.39 is 10.0 Å². The van der Waals surface area contributed by atoms with Gasteiger partial charge >= 0.3 is 0 Å². The Kier molecular flexibility index (Phi) is 3.48. The molecule has 0 bridgehead atoms. The smallest absolute Gasteiger partial charge is 0.255 e. The minimum absolute atomic E-state index is 0.258. The van der Waals surface area contributed by atoms with Gasteiger partial charge in [-0.15, -0.1) is 11.3 Å². The van der Waals surface area contributed by atoms with E-state index >= 15 is 0 Å². The lowest BCUT2D eigenvalue weighted by Crippen LogP contribution is -2.18. The Balaban J connectivity index is 1.52. The third-order valence-corrected chi connectivity index (χ3v) is 7.63. The minimum atomic E-state index is -3.71. The van der Waals surface area contributed by atoms with Gasteiger partial charge in [0.25, 0.3) is 10.0 Å². The molecule has 5 rings (SSSR count). The van der Waals surface area contributed by atoms with Crippen LogP contribution < -0.4 is 4.72 Å². The molecule has 6 nitrogen and oxygen atoms in total. The van der Waals surface area contributed by atoms with Crippen molar-refractivity contribution in [2.45, 2.75) is 36.6 Å². The Bertz CT molecular complexity index is 1110. The molecule has 1 fully saturated rings. The quantitative estimate of drug-likeness (QED) is 0.746. The van der Waals surface area contributed by atoms with Gasteiger partial charge in [0.1, 0.15) is 0 Å². The summed E-state index contributed by atoms with van der Waals surface area (Å²) in [7, 11) is -2.04. The number of rotatable bonds is 4. The zero-order valence-electron chi connectivity index (χ0n) is 14.3. The lowest BCUT2D eigenvalue weighted by molar-refractivity contribution is 0.579. The van der Waals surface area contributed by atoms with Crippen LogP contribution >= 0.6 is 11.3 Å². The van der Waals surface area contributed by atoms with Crippen LogP contribution in [0.15, 0.2) is 35.5 Å². The molecule has 0 unspecified atom stereocenters. The fourth-order valence-corrected chi connectivity index (χ4v) is 6.22. The fraction of sp³-hybridized carbons (Fsp3) is 0.333. The number of fused-ring (bicyclic) bond motifs is 3. The summed E-state index contributed by atoms with van der Waals surface area (Å²) in [6, 6.07) is 8.19. The molecule has 2 heterocycles. The van der Waals surface area contributed by atoms with Crippen LogP contribution in [0.25, 0.3) is 11.3 Å². The monoisotopic (exact) mass is 386 g/mol. The molecule has 0 amide bonds. The van der Waals surface area contributed by atoms with Gasteiger partial charge in [0.2, 0.25) is 0 Å². The van der Waals surface area contributed by atoms with Crippen molar-refractivity contribution in [2.24, 2.45) is 7.05 Å². The largest absolute Gasteiger partial charge is 0.281 e. The van der Waals surface area contributed by atoms with Crippen LogP contribution in [0, 0.1) is 0 Å². The number of thiazole rings is 1. The SMILES string of the molecule is Cn1ncc(C2CC2)c1S(=O)(=O)Nc1nc2c(s1)CCc1ccccc1-2. The van der Waals surface area contributed by atoms with Crippen LogP contribution in [0.1, 0.15) is 34.8 Å². The first kappa shape index (κ1) is 16.0. The van der Waals surface area contributed by atoms with Crippen LogP contribution in [-0.4, -0.2) is 23.2 Å². The highest BCUT2D eigenvalue weighted by Gasteiger charge is 2.34. The number of sulfonamides is 1. The summed E-state index contributed by atoms with van der Waals surface area (Å²) in [6.07, 6.45) is 5.58. The molecule has 2 aliphatic rings. The molecule has 1 N–H and O–H groups in total. The second-order valence-corrected chi connectivity index (χ2v) is 9.54. The lowest BCUT2D eigenvalue weighted by atomic mass is 9.94. The van der Waals surface area contributed by atoms with Crippen molar-refractivity contribution in [1.29, 1.82) is 0 Å². The van der Waals surface area contributed by atoms with Gasteiger partial charge in [0.15, 0.2) is 10.2 Å². The summed E-state index contributed by atoms with van der Waals surface area (Å²) in [5.74, 6) is 0.312. The molecule has 26 heavy (non-hydrogen) atoms. The molecule has 0 spiro atoms. The molecule has 8 heteroatoms. The van der Waals surface area contributed by atoms with E-state index in [0.717, 1.165) is 47.4 Å². The number of aromatic nitrogens is 3. The van der Waals surface area contributed by atoms with Gasteiger partial charge in [-0.1, -0.05) is 24.3 Å². The number of anilines is 1. The van der Waals surface area contributed by atoms with Crippen molar-refractivity contribution >= 4 is 26.5 Å². The first-order valence-electron chi connectivity index (χ1n) is 8.65. The zero-order chi connectivity index (χ0) is 17.9. The summed E-state index contributed by atoms with van der Waals surface area (Å²) in [4.78, 5) is 5.74. The second-order valence-electron chi connectivity index (χ2n) is 6.86. The normalized spacial score (nSPS) is 16.2. The summed E-state index contributed by atoms with van der Waals surface area (Å²) >= 11 is 1.43. The predicted molar refractivity (Wildman–Crippen MR) is 101 cm³/mol. The lowest BCUT2D eigenvalue weighted by Gasteiger charge is -2.13. The Morgan fingerprint density at radius 3 is 2.85 bits per heavy atom. The van der Waals surface area contributed by atoms with E-state index in [-0.39, 0.29) is 5.03 Å². The van der Waals surface area contributed by atoms with E-state index in [1.807, 2.05) is 12.1 Å². The minimum Gasteiger partial charge on any atom is -0.255 e. The van der Waals surface area contributed by atoms with Crippen LogP contribution in [0.3, 0.4) is 0 Å². The fourth-order valence-electron chi connectivity index (χ4n) is 3.60. The molecular formula is C18H18N4O2S2. The number of hydrogen-bond donors (Lipinski definition) is 1. The van der Waals surface area contributed by atoms with E-state index in [1.54, 1.807) is 13.2 Å². The molecule has 1 aromatic carbocycles. The van der Waals surface area contributed by atoms with Gasteiger partial charge in [0.05, 0.1) is 11.9 Å². The Labute approximate surface area is 156 Å². The number of benzene rings is 1. The van der Waals surface area contributed by atoms with Crippen molar-refractivity contribution in [3.63, 3.8) is 0 Å². The molecule has 0 aliphatic heterocycles. The summed E-state index contributed by atoms with van der Waals surface area (Å²) < 4.78 is 30.1. The van der Waals surface area contributed by atoms with Gasteiger partial charge in [-0.25, -0.2) is 4.98 Å². The molecule has 2 aromatic heterocycles. The Morgan fingerprint density at radius 2 is 2.04 bits per heavy atom. The molecule has 134 valence electrons. The first-order valence-corrected chi connectivity index (χ1v) is 11.0. The molecule has 0 saturated heterocycles. The van der Waals surface area contributed by atoms with Crippen molar-refractivity contribution in [3.05, 3.63) is 46.5 Å². The van der Waals surface area contributed by atoms with Crippen molar-refractivity contribution in [3.8, 4) is 11.3 Å². The topological polar surface area (TPSA) is 76.9 Å². The Morgan fingerprint density at radius 1 is 1.23 bits per heavy atom. The van der Waals surface area contributed by atoms with Gasteiger partial charge in [-0.2, -0.15) is 13.5 Å².